The van der Waals surface area contributed by atoms with Crippen LogP contribution in [0, 0.1) is 19.7 Å². The largest absolute Gasteiger partial charge is 0.393 e. The highest BCUT2D eigenvalue weighted by molar-refractivity contribution is 5.80. The number of para-hydroxylation sites is 1. The summed E-state index contributed by atoms with van der Waals surface area (Å²) >= 11 is 0. The molecular formula is C18H18FN5. The van der Waals surface area contributed by atoms with E-state index < -0.39 is 0 Å². The standard InChI is InChI=1S/C18H18FN5/c1-11-6-5-9-14(12(11)2)23-17-16(20)18(22-10-21-17)24-15-8-4-3-7-13(15)19/h3-10H,20H2,1-2H3,(H2,21,22,23,24). The fourth-order valence-corrected chi connectivity index (χ4v) is 2.30. The van der Waals surface area contributed by atoms with Crippen molar-refractivity contribution in [2.24, 2.45) is 0 Å². The Kier molecular flexibility index (Phi) is 4.29. The number of nitrogens with two attached hydrogens (primary N) is 1. The van der Waals surface area contributed by atoms with E-state index in [-0.39, 0.29) is 5.82 Å². The van der Waals surface area contributed by atoms with Gasteiger partial charge in [-0.2, -0.15) is 0 Å². The molecule has 4 N–H and O–H groups in total. The van der Waals surface area contributed by atoms with E-state index in [2.05, 4.69) is 20.6 Å². The lowest BCUT2D eigenvalue weighted by Gasteiger charge is -2.15. The summed E-state index contributed by atoms with van der Waals surface area (Å²) in [5.41, 5.74) is 9.96. The summed E-state index contributed by atoms with van der Waals surface area (Å²) < 4.78 is 13.8. The number of rotatable bonds is 4. The first kappa shape index (κ1) is 15.7. The minimum Gasteiger partial charge on any atom is -0.393 e. The van der Waals surface area contributed by atoms with Crippen LogP contribution in [0.3, 0.4) is 0 Å². The molecule has 0 aliphatic rings. The maximum absolute atomic E-state index is 13.8. The van der Waals surface area contributed by atoms with Crippen molar-refractivity contribution in [1.29, 1.82) is 0 Å². The molecule has 24 heavy (non-hydrogen) atoms. The number of nitrogens with zero attached hydrogens (tertiary/aromatic N) is 2. The summed E-state index contributed by atoms with van der Waals surface area (Å²) in [6.45, 7) is 4.06. The molecule has 0 aliphatic carbocycles. The van der Waals surface area contributed by atoms with Crippen LogP contribution < -0.4 is 16.4 Å². The van der Waals surface area contributed by atoms with E-state index in [1.54, 1.807) is 18.2 Å². The zero-order chi connectivity index (χ0) is 17.1. The molecule has 6 heteroatoms. The Morgan fingerprint density at radius 3 is 2.21 bits per heavy atom. The van der Waals surface area contributed by atoms with Gasteiger partial charge >= 0.3 is 0 Å². The lowest BCUT2D eigenvalue weighted by Crippen LogP contribution is -2.06. The highest BCUT2D eigenvalue weighted by Crippen LogP contribution is 2.30. The smallest absolute Gasteiger partial charge is 0.159 e. The van der Waals surface area contributed by atoms with Crippen LogP contribution in [0.5, 0.6) is 0 Å². The minimum absolute atomic E-state index is 0.306. The molecule has 5 nitrogen and oxygen atoms in total. The Morgan fingerprint density at radius 2 is 1.50 bits per heavy atom. The molecule has 3 rings (SSSR count). The van der Waals surface area contributed by atoms with Gasteiger partial charge < -0.3 is 16.4 Å². The van der Waals surface area contributed by atoms with Crippen LogP contribution in [0.15, 0.2) is 48.8 Å². The highest BCUT2D eigenvalue weighted by atomic mass is 19.1. The Hall–Kier alpha value is -3.15. The monoisotopic (exact) mass is 323 g/mol. The molecule has 0 radical (unpaired) electrons. The molecule has 1 aromatic heterocycles. The molecule has 0 bridgehead atoms. The third kappa shape index (κ3) is 3.12. The molecule has 0 aliphatic heterocycles. The zero-order valence-corrected chi connectivity index (χ0v) is 13.5. The highest BCUT2D eigenvalue weighted by Gasteiger charge is 2.11. The van der Waals surface area contributed by atoms with E-state index in [0.29, 0.717) is 23.0 Å². The number of anilines is 5. The minimum atomic E-state index is -0.375. The molecule has 0 fully saturated rings. The SMILES string of the molecule is Cc1cccc(Nc2ncnc(Nc3ccccc3F)c2N)c1C. The number of halogens is 1. The molecule has 1 heterocycles. The molecule has 122 valence electrons. The summed E-state index contributed by atoms with van der Waals surface area (Å²) in [5.74, 6) is 0.444. The summed E-state index contributed by atoms with van der Waals surface area (Å²) in [6.07, 6.45) is 1.38. The topological polar surface area (TPSA) is 75.9 Å². The van der Waals surface area contributed by atoms with E-state index in [9.17, 15) is 4.39 Å². The van der Waals surface area contributed by atoms with Crippen molar-refractivity contribution in [3.63, 3.8) is 0 Å². The van der Waals surface area contributed by atoms with Crippen molar-refractivity contribution < 1.29 is 4.39 Å². The second-order valence-electron chi connectivity index (χ2n) is 5.46. The van der Waals surface area contributed by atoms with E-state index in [1.165, 1.54) is 12.4 Å². The van der Waals surface area contributed by atoms with Crippen LogP contribution in [-0.2, 0) is 0 Å². The average molecular weight is 323 g/mol. The molecule has 0 unspecified atom stereocenters. The third-order valence-corrected chi connectivity index (χ3v) is 3.87. The number of hydrogen-bond donors (Lipinski definition) is 3. The fraction of sp³-hybridized carbons (Fsp3) is 0.111. The van der Waals surface area contributed by atoms with Gasteiger partial charge in [-0.1, -0.05) is 24.3 Å². The lowest BCUT2D eigenvalue weighted by atomic mass is 10.1. The van der Waals surface area contributed by atoms with E-state index in [0.717, 1.165) is 16.8 Å². The maximum atomic E-state index is 13.8. The van der Waals surface area contributed by atoms with Gasteiger partial charge in [0, 0.05) is 5.69 Å². The number of nitrogen functional groups attached to an aromatic ring is 1. The van der Waals surface area contributed by atoms with Gasteiger partial charge in [-0.25, -0.2) is 14.4 Å². The average Bonchev–Trinajstić information content (AvgIpc) is 2.57. The van der Waals surface area contributed by atoms with Crippen LogP contribution in [-0.4, -0.2) is 9.97 Å². The number of benzene rings is 2. The Balaban J connectivity index is 1.91. The summed E-state index contributed by atoms with van der Waals surface area (Å²) in [6, 6.07) is 12.3. The van der Waals surface area contributed by atoms with Crippen LogP contribution >= 0.6 is 0 Å². The van der Waals surface area contributed by atoms with Gasteiger partial charge in [0.2, 0.25) is 0 Å². The van der Waals surface area contributed by atoms with E-state index in [4.69, 9.17) is 5.73 Å². The van der Waals surface area contributed by atoms with Gasteiger partial charge in [0.25, 0.3) is 0 Å². The molecule has 3 aromatic rings. The normalized spacial score (nSPS) is 10.5. The van der Waals surface area contributed by atoms with Gasteiger partial charge in [-0.3, -0.25) is 0 Å². The molecule has 0 spiro atoms. The lowest BCUT2D eigenvalue weighted by molar-refractivity contribution is 0.632. The van der Waals surface area contributed by atoms with Crippen molar-refractivity contribution in [2.45, 2.75) is 13.8 Å². The maximum Gasteiger partial charge on any atom is 0.159 e. The molecule has 0 saturated carbocycles. The number of nitrogens with one attached hydrogen (secondary N) is 2. The van der Waals surface area contributed by atoms with Crippen molar-refractivity contribution >= 4 is 28.7 Å². The molecule has 0 saturated heterocycles. The number of hydrogen-bond acceptors (Lipinski definition) is 5. The van der Waals surface area contributed by atoms with Gasteiger partial charge in [0.05, 0.1) is 5.69 Å². The quantitative estimate of drug-likeness (QED) is 0.667. The van der Waals surface area contributed by atoms with Crippen molar-refractivity contribution in [1.82, 2.24) is 9.97 Å². The Bertz CT molecular complexity index is 879. The van der Waals surface area contributed by atoms with Gasteiger partial charge in [-0.05, 0) is 43.2 Å². The predicted octanol–water partition coefficient (Wildman–Crippen LogP) is 4.30. The summed E-state index contributed by atoms with van der Waals surface area (Å²) in [7, 11) is 0. The first-order valence-electron chi connectivity index (χ1n) is 7.51. The zero-order valence-electron chi connectivity index (χ0n) is 13.5. The van der Waals surface area contributed by atoms with Gasteiger partial charge in [-0.15, -0.1) is 0 Å². The predicted molar refractivity (Wildman–Crippen MR) is 95.3 cm³/mol. The summed E-state index contributed by atoms with van der Waals surface area (Å²) in [5, 5.41) is 6.11. The Labute approximate surface area is 139 Å². The van der Waals surface area contributed by atoms with Crippen LogP contribution in [0.2, 0.25) is 0 Å². The summed E-state index contributed by atoms with van der Waals surface area (Å²) in [4.78, 5) is 8.29. The third-order valence-electron chi connectivity index (χ3n) is 3.87. The van der Waals surface area contributed by atoms with Crippen LogP contribution in [0.25, 0.3) is 0 Å². The molecule has 0 atom stereocenters. The first-order valence-corrected chi connectivity index (χ1v) is 7.51. The van der Waals surface area contributed by atoms with Crippen molar-refractivity contribution in [3.05, 3.63) is 65.7 Å². The Morgan fingerprint density at radius 1 is 0.875 bits per heavy atom. The van der Waals surface area contributed by atoms with Gasteiger partial charge in [0.15, 0.2) is 11.6 Å². The van der Waals surface area contributed by atoms with E-state index >= 15 is 0 Å². The first-order chi connectivity index (χ1) is 11.6. The second-order valence-corrected chi connectivity index (χ2v) is 5.46. The molecule has 0 amide bonds. The van der Waals surface area contributed by atoms with Crippen molar-refractivity contribution in [3.8, 4) is 0 Å². The number of aryl methyl sites for hydroxylation is 1. The second kappa shape index (κ2) is 6.54. The van der Waals surface area contributed by atoms with Gasteiger partial charge in [0.1, 0.15) is 17.8 Å². The van der Waals surface area contributed by atoms with Crippen LogP contribution in [0.1, 0.15) is 11.1 Å². The fourth-order valence-electron chi connectivity index (χ4n) is 2.30. The van der Waals surface area contributed by atoms with Crippen molar-refractivity contribution in [2.75, 3.05) is 16.4 Å². The molecular weight excluding hydrogens is 305 g/mol. The molecule has 2 aromatic carbocycles. The van der Waals surface area contributed by atoms with Crippen LogP contribution in [0.4, 0.5) is 33.1 Å². The number of aromatic nitrogens is 2. The van der Waals surface area contributed by atoms with E-state index in [1.807, 2.05) is 32.0 Å².